The van der Waals surface area contributed by atoms with Crippen LogP contribution in [-0.4, -0.2) is 43.4 Å². The van der Waals surface area contributed by atoms with Crippen LogP contribution in [0.25, 0.3) is 0 Å². The van der Waals surface area contributed by atoms with E-state index in [9.17, 15) is 14.4 Å². The van der Waals surface area contributed by atoms with Gasteiger partial charge in [0.1, 0.15) is 17.0 Å². The molecule has 0 aromatic heterocycles. The third-order valence-corrected chi connectivity index (χ3v) is 5.66. The second-order valence-corrected chi connectivity index (χ2v) is 7.23. The van der Waals surface area contributed by atoms with E-state index in [1.165, 1.54) is 14.2 Å². The first-order chi connectivity index (χ1) is 14.0. The highest BCUT2D eigenvalue weighted by molar-refractivity contribution is 6.12. The van der Waals surface area contributed by atoms with E-state index in [4.69, 9.17) is 9.47 Å². The van der Waals surface area contributed by atoms with Crippen LogP contribution in [0.5, 0.6) is 11.5 Å². The zero-order valence-corrected chi connectivity index (χ0v) is 16.4. The molecule has 2 aromatic carbocycles. The van der Waals surface area contributed by atoms with Crippen molar-refractivity contribution < 1.29 is 23.9 Å². The van der Waals surface area contributed by atoms with Crippen molar-refractivity contribution in [1.82, 2.24) is 10.2 Å². The van der Waals surface area contributed by atoms with Gasteiger partial charge in [-0.15, -0.1) is 0 Å². The SMILES string of the molecule is COc1ccc(OC)c(C(=O)CN2C(=O)NC3(CCCc4ccccc43)C2=O)c1. The molecule has 0 saturated carbocycles. The zero-order valence-electron chi connectivity index (χ0n) is 16.4. The number of aryl methyl sites for hydroxylation is 1. The highest BCUT2D eigenvalue weighted by Gasteiger charge is 2.54. The van der Waals surface area contributed by atoms with Gasteiger partial charge in [0, 0.05) is 0 Å². The molecule has 150 valence electrons. The lowest BCUT2D eigenvalue weighted by atomic mass is 9.76. The van der Waals surface area contributed by atoms with Crippen LogP contribution in [0.3, 0.4) is 0 Å². The third-order valence-electron chi connectivity index (χ3n) is 5.66. The summed E-state index contributed by atoms with van der Waals surface area (Å²) < 4.78 is 10.4. The average molecular weight is 394 g/mol. The molecule has 1 atom stereocenters. The van der Waals surface area contributed by atoms with Crippen LogP contribution < -0.4 is 14.8 Å². The Bertz CT molecular complexity index is 1000. The number of nitrogens with one attached hydrogen (secondary N) is 1. The Balaban J connectivity index is 1.64. The van der Waals surface area contributed by atoms with E-state index in [0.29, 0.717) is 17.9 Å². The molecule has 1 aliphatic carbocycles. The molecule has 4 rings (SSSR count). The van der Waals surface area contributed by atoms with Gasteiger partial charge in [-0.2, -0.15) is 0 Å². The summed E-state index contributed by atoms with van der Waals surface area (Å²) in [6.45, 7) is -0.363. The molecular weight excluding hydrogens is 372 g/mol. The number of ether oxygens (including phenoxy) is 2. The number of rotatable bonds is 5. The number of fused-ring (bicyclic) bond motifs is 2. The largest absolute Gasteiger partial charge is 0.497 e. The topological polar surface area (TPSA) is 84.9 Å². The van der Waals surface area contributed by atoms with Gasteiger partial charge in [0.2, 0.25) is 0 Å². The number of imide groups is 1. The number of amides is 3. The monoisotopic (exact) mass is 394 g/mol. The molecule has 7 heteroatoms. The number of ketones is 1. The van der Waals surface area contributed by atoms with Gasteiger partial charge in [0.15, 0.2) is 5.78 Å². The molecule has 1 N–H and O–H groups in total. The first-order valence-electron chi connectivity index (χ1n) is 9.48. The van der Waals surface area contributed by atoms with E-state index in [1.54, 1.807) is 18.2 Å². The average Bonchev–Trinajstić information content (AvgIpc) is 2.98. The normalized spacial score (nSPS) is 20.4. The Kier molecular flexibility index (Phi) is 4.74. The molecule has 1 heterocycles. The number of carbonyl (C=O) groups excluding carboxylic acids is 3. The van der Waals surface area contributed by atoms with E-state index in [-0.39, 0.29) is 18.0 Å². The lowest BCUT2D eigenvalue weighted by Gasteiger charge is -2.33. The molecule has 1 fully saturated rings. The van der Waals surface area contributed by atoms with Gasteiger partial charge in [-0.3, -0.25) is 14.5 Å². The van der Waals surface area contributed by atoms with Gasteiger partial charge in [0.25, 0.3) is 5.91 Å². The zero-order chi connectivity index (χ0) is 20.6. The van der Waals surface area contributed by atoms with Gasteiger partial charge in [-0.05, 0) is 48.6 Å². The van der Waals surface area contributed by atoms with E-state index < -0.39 is 17.4 Å². The second-order valence-electron chi connectivity index (χ2n) is 7.23. The van der Waals surface area contributed by atoms with Crippen LogP contribution in [-0.2, 0) is 16.8 Å². The molecule has 0 radical (unpaired) electrons. The standard InChI is InChI=1S/C22H22N2O5/c1-28-15-9-10-19(29-2)16(12-15)18(25)13-24-20(26)22(23-21(24)27)11-5-7-14-6-3-4-8-17(14)22/h3-4,6,8-10,12H,5,7,11,13H2,1-2H3,(H,23,27). The molecule has 2 aliphatic rings. The minimum atomic E-state index is -1.09. The highest BCUT2D eigenvalue weighted by atomic mass is 16.5. The first-order valence-corrected chi connectivity index (χ1v) is 9.48. The molecule has 1 spiro atoms. The Morgan fingerprint density at radius 1 is 1.14 bits per heavy atom. The molecule has 29 heavy (non-hydrogen) atoms. The van der Waals surface area contributed by atoms with Crippen LogP contribution in [0.4, 0.5) is 4.79 Å². The fourth-order valence-electron chi connectivity index (χ4n) is 4.22. The Morgan fingerprint density at radius 3 is 2.69 bits per heavy atom. The number of methoxy groups -OCH3 is 2. The van der Waals surface area contributed by atoms with Gasteiger partial charge in [-0.1, -0.05) is 24.3 Å². The molecule has 3 amide bonds. The van der Waals surface area contributed by atoms with Crippen LogP contribution >= 0.6 is 0 Å². The van der Waals surface area contributed by atoms with Crippen molar-refractivity contribution in [2.45, 2.75) is 24.8 Å². The van der Waals surface area contributed by atoms with Crippen LogP contribution in [0.1, 0.15) is 34.3 Å². The maximum absolute atomic E-state index is 13.3. The first kappa shape index (κ1) is 19.0. The quantitative estimate of drug-likeness (QED) is 0.623. The lowest BCUT2D eigenvalue weighted by molar-refractivity contribution is -0.131. The van der Waals surface area contributed by atoms with Crippen molar-refractivity contribution >= 4 is 17.7 Å². The van der Waals surface area contributed by atoms with Gasteiger partial charge in [0.05, 0.1) is 26.3 Å². The summed E-state index contributed by atoms with van der Waals surface area (Å²) in [6.07, 6.45) is 2.16. The number of hydrogen-bond donors (Lipinski definition) is 1. The maximum Gasteiger partial charge on any atom is 0.325 e. The number of carbonyl (C=O) groups is 3. The number of benzene rings is 2. The molecule has 2 aromatic rings. The number of hydrogen-bond acceptors (Lipinski definition) is 5. The summed E-state index contributed by atoms with van der Waals surface area (Å²) in [4.78, 5) is 40.0. The maximum atomic E-state index is 13.3. The molecule has 7 nitrogen and oxygen atoms in total. The van der Waals surface area contributed by atoms with Crippen molar-refractivity contribution in [3.05, 3.63) is 59.2 Å². The van der Waals surface area contributed by atoms with Crippen LogP contribution in [0, 0.1) is 0 Å². The molecular formula is C22H22N2O5. The van der Waals surface area contributed by atoms with Gasteiger partial charge < -0.3 is 14.8 Å². The minimum absolute atomic E-state index is 0.262. The summed E-state index contributed by atoms with van der Waals surface area (Å²) in [5, 5.41) is 2.86. The van der Waals surface area contributed by atoms with E-state index in [0.717, 1.165) is 28.9 Å². The Morgan fingerprint density at radius 2 is 1.93 bits per heavy atom. The molecule has 1 unspecified atom stereocenters. The number of Topliss-reactive ketones (excluding diaryl/α,β-unsaturated/α-hetero) is 1. The molecule has 1 saturated heterocycles. The fourth-order valence-corrected chi connectivity index (χ4v) is 4.22. The van der Waals surface area contributed by atoms with Crippen molar-refractivity contribution in [2.24, 2.45) is 0 Å². The summed E-state index contributed by atoms with van der Waals surface area (Å²) in [6, 6.07) is 11.9. The highest BCUT2D eigenvalue weighted by Crippen LogP contribution is 2.40. The second kappa shape index (κ2) is 7.24. The smallest absolute Gasteiger partial charge is 0.325 e. The summed E-state index contributed by atoms with van der Waals surface area (Å²) in [7, 11) is 2.96. The van der Waals surface area contributed by atoms with E-state index >= 15 is 0 Å². The van der Waals surface area contributed by atoms with Gasteiger partial charge in [-0.25, -0.2) is 4.79 Å². The summed E-state index contributed by atoms with van der Waals surface area (Å²) in [5.41, 5.74) is 1.04. The fraction of sp³-hybridized carbons (Fsp3) is 0.318. The third kappa shape index (κ3) is 3.03. The number of urea groups is 1. The number of nitrogens with zero attached hydrogens (tertiary/aromatic N) is 1. The van der Waals surface area contributed by atoms with E-state index in [2.05, 4.69) is 5.32 Å². The van der Waals surface area contributed by atoms with Crippen LogP contribution in [0.15, 0.2) is 42.5 Å². The van der Waals surface area contributed by atoms with Crippen molar-refractivity contribution in [2.75, 3.05) is 20.8 Å². The predicted molar refractivity (Wildman–Crippen MR) is 105 cm³/mol. The van der Waals surface area contributed by atoms with Crippen molar-refractivity contribution in [1.29, 1.82) is 0 Å². The molecule has 0 bridgehead atoms. The van der Waals surface area contributed by atoms with Crippen LogP contribution in [0.2, 0.25) is 0 Å². The van der Waals surface area contributed by atoms with Gasteiger partial charge >= 0.3 is 6.03 Å². The van der Waals surface area contributed by atoms with Crippen molar-refractivity contribution in [3.63, 3.8) is 0 Å². The summed E-state index contributed by atoms with van der Waals surface area (Å²) in [5.74, 6) is 0.0693. The Labute approximate surface area is 168 Å². The van der Waals surface area contributed by atoms with E-state index in [1.807, 2.05) is 24.3 Å². The predicted octanol–water partition coefficient (Wildman–Crippen LogP) is 2.67. The summed E-state index contributed by atoms with van der Waals surface area (Å²) >= 11 is 0. The van der Waals surface area contributed by atoms with Crippen molar-refractivity contribution in [3.8, 4) is 11.5 Å². The lowest BCUT2D eigenvalue weighted by Crippen LogP contribution is -2.46. The minimum Gasteiger partial charge on any atom is -0.497 e. The molecule has 1 aliphatic heterocycles. The Hall–Kier alpha value is -3.35.